The van der Waals surface area contributed by atoms with Crippen LogP contribution in [0.15, 0.2) is 16.6 Å². The first-order valence-electron chi connectivity index (χ1n) is 4.48. The highest BCUT2D eigenvalue weighted by molar-refractivity contribution is 9.10. The summed E-state index contributed by atoms with van der Waals surface area (Å²) in [6.45, 7) is 5.86. The van der Waals surface area contributed by atoms with Gasteiger partial charge in [-0.15, -0.1) is 0 Å². The second-order valence-electron chi connectivity index (χ2n) is 2.44. The van der Waals surface area contributed by atoms with E-state index >= 15 is 0 Å². The van der Waals surface area contributed by atoms with Gasteiger partial charge in [0.2, 0.25) is 0 Å². The van der Waals surface area contributed by atoms with Crippen molar-refractivity contribution in [2.45, 2.75) is 20.8 Å². The summed E-state index contributed by atoms with van der Waals surface area (Å²) in [4.78, 5) is 10.6. The second kappa shape index (κ2) is 6.60. The van der Waals surface area contributed by atoms with Crippen LogP contribution in [0.3, 0.4) is 0 Å². The van der Waals surface area contributed by atoms with E-state index in [1.165, 1.54) is 0 Å². The molecule has 0 unspecified atom stereocenters. The Morgan fingerprint density at radius 1 is 1.36 bits per heavy atom. The minimum Gasteiger partial charge on any atom is -0.496 e. The smallest absolute Gasteiger partial charge is 0.150 e. The van der Waals surface area contributed by atoms with Gasteiger partial charge in [-0.3, -0.25) is 4.79 Å². The van der Waals surface area contributed by atoms with Gasteiger partial charge in [0.1, 0.15) is 12.0 Å². The van der Waals surface area contributed by atoms with Gasteiger partial charge in [-0.2, -0.15) is 0 Å². The highest BCUT2D eigenvalue weighted by Gasteiger charge is 2.04. The highest BCUT2D eigenvalue weighted by atomic mass is 79.9. The van der Waals surface area contributed by atoms with Gasteiger partial charge in [0.05, 0.1) is 7.11 Å². The first kappa shape index (κ1) is 13.2. The summed E-state index contributed by atoms with van der Waals surface area (Å²) in [5.74, 6) is 0.728. The monoisotopic (exact) mass is 258 g/mol. The highest BCUT2D eigenvalue weighted by Crippen LogP contribution is 2.25. The van der Waals surface area contributed by atoms with Crippen LogP contribution in [-0.2, 0) is 0 Å². The van der Waals surface area contributed by atoms with Crippen LogP contribution in [0.25, 0.3) is 0 Å². The SMILES string of the molecule is CC.COc1cc(Br)cc(C=O)c1C. The largest absolute Gasteiger partial charge is 0.496 e. The minimum atomic E-state index is 0.654. The summed E-state index contributed by atoms with van der Waals surface area (Å²) >= 11 is 3.29. The van der Waals surface area contributed by atoms with Crippen molar-refractivity contribution >= 4 is 22.2 Å². The summed E-state index contributed by atoms with van der Waals surface area (Å²) in [6, 6.07) is 3.60. The Labute approximate surface area is 93.4 Å². The molecule has 0 bridgehead atoms. The van der Waals surface area contributed by atoms with Gasteiger partial charge in [0.25, 0.3) is 0 Å². The van der Waals surface area contributed by atoms with E-state index in [2.05, 4.69) is 15.9 Å². The number of hydrogen-bond donors (Lipinski definition) is 0. The Morgan fingerprint density at radius 2 is 1.93 bits per heavy atom. The lowest BCUT2D eigenvalue weighted by Gasteiger charge is -2.06. The molecule has 0 heterocycles. The molecule has 0 atom stereocenters. The van der Waals surface area contributed by atoms with Crippen LogP contribution in [0, 0.1) is 6.92 Å². The van der Waals surface area contributed by atoms with Crippen molar-refractivity contribution in [2.24, 2.45) is 0 Å². The summed E-state index contributed by atoms with van der Waals surface area (Å²) in [5.41, 5.74) is 1.52. The molecule has 1 aromatic rings. The first-order chi connectivity index (χ1) is 6.69. The topological polar surface area (TPSA) is 26.3 Å². The molecular formula is C11H15BrO2. The van der Waals surface area contributed by atoms with E-state index in [0.29, 0.717) is 5.56 Å². The molecular weight excluding hydrogens is 244 g/mol. The third-order valence-electron chi connectivity index (χ3n) is 1.71. The van der Waals surface area contributed by atoms with E-state index in [9.17, 15) is 4.79 Å². The molecule has 0 spiro atoms. The minimum absolute atomic E-state index is 0.654. The van der Waals surface area contributed by atoms with Crippen LogP contribution in [0.1, 0.15) is 29.8 Å². The molecule has 0 aliphatic rings. The number of halogens is 1. The summed E-state index contributed by atoms with van der Waals surface area (Å²) in [6.07, 6.45) is 0.822. The van der Waals surface area contributed by atoms with E-state index in [0.717, 1.165) is 22.1 Å². The second-order valence-corrected chi connectivity index (χ2v) is 3.36. The van der Waals surface area contributed by atoms with Gasteiger partial charge >= 0.3 is 0 Å². The fourth-order valence-corrected chi connectivity index (χ4v) is 1.46. The molecule has 1 rings (SSSR count). The van der Waals surface area contributed by atoms with Crippen molar-refractivity contribution in [1.29, 1.82) is 0 Å². The average Bonchev–Trinajstić information content (AvgIpc) is 2.23. The Kier molecular flexibility index (Phi) is 6.21. The van der Waals surface area contributed by atoms with Gasteiger partial charge in [-0.1, -0.05) is 29.8 Å². The number of rotatable bonds is 2. The predicted octanol–water partition coefficient (Wildman–Crippen LogP) is 3.60. The van der Waals surface area contributed by atoms with Crippen LogP contribution in [0.2, 0.25) is 0 Å². The molecule has 0 aromatic heterocycles. The van der Waals surface area contributed by atoms with Crippen LogP contribution in [0.4, 0.5) is 0 Å². The molecule has 0 saturated carbocycles. The van der Waals surface area contributed by atoms with Gasteiger partial charge in [-0.05, 0) is 19.1 Å². The van der Waals surface area contributed by atoms with Crippen molar-refractivity contribution < 1.29 is 9.53 Å². The molecule has 0 amide bonds. The van der Waals surface area contributed by atoms with Crippen molar-refractivity contribution in [3.05, 3.63) is 27.7 Å². The van der Waals surface area contributed by atoms with E-state index in [-0.39, 0.29) is 0 Å². The van der Waals surface area contributed by atoms with E-state index in [4.69, 9.17) is 4.74 Å². The van der Waals surface area contributed by atoms with Crippen molar-refractivity contribution in [3.63, 3.8) is 0 Å². The third kappa shape index (κ3) is 3.14. The van der Waals surface area contributed by atoms with Crippen molar-refractivity contribution in [3.8, 4) is 5.75 Å². The normalized spacial score (nSPS) is 8.64. The molecule has 0 N–H and O–H groups in total. The summed E-state index contributed by atoms with van der Waals surface area (Å²) in [5, 5.41) is 0. The molecule has 14 heavy (non-hydrogen) atoms. The Bertz CT molecular complexity index is 308. The molecule has 0 aliphatic heterocycles. The van der Waals surface area contributed by atoms with E-state index < -0.39 is 0 Å². The Hall–Kier alpha value is -0.830. The van der Waals surface area contributed by atoms with E-state index in [1.54, 1.807) is 13.2 Å². The average molecular weight is 259 g/mol. The zero-order valence-corrected chi connectivity index (χ0v) is 10.5. The number of hydrogen-bond acceptors (Lipinski definition) is 2. The number of benzene rings is 1. The lowest BCUT2D eigenvalue weighted by molar-refractivity contribution is 0.112. The maximum Gasteiger partial charge on any atom is 0.150 e. The standard InChI is InChI=1S/C9H9BrO2.C2H6/c1-6-7(5-11)3-8(10)4-9(6)12-2;1-2/h3-5H,1-2H3;1-2H3. The maximum atomic E-state index is 10.6. The van der Waals surface area contributed by atoms with Crippen molar-refractivity contribution in [1.82, 2.24) is 0 Å². The number of methoxy groups -OCH3 is 1. The molecule has 0 fully saturated rings. The lowest BCUT2D eigenvalue weighted by atomic mass is 10.1. The molecule has 1 aromatic carbocycles. The van der Waals surface area contributed by atoms with E-state index in [1.807, 2.05) is 26.8 Å². The van der Waals surface area contributed by atoms with Crippen LogP contribution in [-0.4, -0.2) is 13.4 Å². The van der Waals surface area contributed by atoms with Crippen LogP contribution >= 0.6 is 15.9 Å². The third-order valence-corrected chi connectivity index (χ3v) is 2.17. The van der Waals surface area contributed by atoms with Gasteiger partial charge in [-0.25, -0.2) is 0 Å². The lowest BCUT2D eigenvalue weighted by Crippen LogP contribution is -1.92. The number of aldehydes is 1. The van der Waals surface area contributed by atoms with Crippen LogP contribution in [0.5, 0.6) is 5.75 Å². The Balaban J connectivity index is 0.000000791. The van der Waals surface area contributed by atoms with Gasteiger partial charge in [0.15, 0.2) is 0 Å². The van der Waals surface area contributed by atoms with Gasteiger partial charge in [0, 0.05) is 15.6 Å². The maximum absolute atomic E-state index is 10.6. The first-order valence-corrected chi connectivity index (χ1v) is 5.27. The number of ether oxygens (including phenoxy) is 1. The summed E-state index contributed by atoms with van der Waals surface area (Å²) in [7, 11) is 1.59. The quantitative estimate of drug-likeness (QED) is 0.758. The Morgan fingerprint density at radius 3 is 2.36 bits per heavy atom. The van der Waals surface area contributed by atoms with Crippen molar-refractivity contribution in [2.75, 3.05) is 7.11 Å². The number of carbonyl (C=O) groups excluding carboxylic acids is 1. The summed E-state index contributed by atoms with van der Waals surface area (Å²) < 4.78 is 5.93. The van der Waals surface area contributed by atoms with Gasteiger partial charge < -0.3 is 4.74 Å². The zero-order chi connectivity index (χ0) is 11.1. The zero-order valence-electron chi connectivity index (χ0n) is 8.93. The molecule has 0 aliphatic carbocycles. The molecule has 2 nitrogen and oxygen atoms in total. The predicted molar refractivity (Wildman–Crippen MR) is 62.2 cm³/mol. The number of carbonyl (C=O) groups is 1. The molecule has 0 radical (unpaired) electrons. The fourth-order valence-electron chi connectivity index (χ4n) is 1.01. The molecule has 0 saturated heterocycles. The molecule has 78 valence electrons. The fraction of sp³-hybridized carbons (Fsp3) is 0.364. The molecule has 3 heteroatoms. The van der Waals surface area contributed by atoms with Crippen LogP contribution < -0.4 is 4.74 Å².